The summed E-state index contributed by atoms with van der Waals surface area (Å²) in [5, 5.41) is 1.15. The minimum absolute atomic E-state index is 0.0630. The monoisotopic (exact) mass is 241 g/mol. The molecule has 18 heavy (non-hydrogen) atoms. The van der Waals surface area contributed by atoms with Crippen LogP contribution in [-0.2, 0) is 4.74 Å². The number of benzene rings is 1. The molecule has 1 atom stereocenters. The lowest BCUT2D eigenvalue weighted by Gasteiger charge is -2.15. The average molecular weight is 241 g/mol. The summed E-state index contributed by atoms with van der Waals surface area (Å²) in [6, 6.07) is 12.9. The maximum Gasteiger partial charge on any atom is 0.287 e. The predicted octanol–water partition coefficient (Wildman–Crippen LogP) is 2.22. The smallest absolute Gasteiger partial charge is 0.287 e. The summed E-state index contributed by atoms with van der Waals surface area (Å²) in [5.41, 5.74) is 1.94. The zero-order valence-corrected chi connectivity index (χ0v) is 10.5. The molecule has 0 N–H and O–H groups in total. The van der Waals surface area contributed by atoms with Crippen LogP contribution < -0.4 is 0 Å². The summed E-state index contributed by atoms with van der Waals surface area (Å²) in [4.78, 5) is 10.9. The highest BCUT2D eigenvalue weighted by Gasteiger charge is 2.23. The fraction of sp³-hybridized carbons (Fsp3) is 0.286. The Balaban J connectivity index is 1.88. The van der Waals surface area contributed by atoms with E-state index in [9.17, 15) is 0 Å². The second-order valence-electron chi connectivity index (χ2n) is 4.55. The number of aromatic nitrogens is 1. The van der Waals surface area contributed by atoms with Crippen molar-refractivity contribution in [1.29, 1.82) is 0 Å². The van der Waals surface area contributed by atoms with Crippen molar-refractivity contribution in [3.63, 3.8) is 0 Å². The number of amidine groups is 1. The molecular formula is C14H15N3O. The summed E-state index contributed by atoms with van der Waals surface area (Å²) in [7, 11) is 3.85. The highest BCUT2D eigenvalue weighted by atomic mass is 16.5. The first-order valence-electron chi connectivity index (χ1n) is 5.98. The van der Waals surface area contributed by atoms with E-state index in [1.54, 1.807) is 0 Å². The molecule has 1 aromatic heterocycles. The number of fused-ring (bicyclic) bond motifs is 1. The molecule has 0 spiro atoms. The zero-order chi connectivity index (χ0) is 12.5. The maximum atomic E-state index is 5.77. The van der Waals surface area contributed by atoms with Gasteiger partial charge in [-0.25, -0.2) is 9.98 Å². The third-order valence-electron chi connectivity index (χ3n) is 2.97. The fourth-order valence-electron chi connectivity index (χ4n) is 2.02. The van der Waals surface area contributed by atoms with Crippen molar-refractivity contribution in [3.8, 4) is 0 Å². The Kier molecular flexibility index (Phi) is 2.63. The quantitative estimate of drug-likeness (QED) is 0.768. The molecule has 0 bridgehead atoms. The van der Waals surface area contributed by atoms with Crippen LogP contribution in [0, 0.1) is 0 Å². The van der Waals surface area contributed by atoms with Gasteiger partial charge < -0.3 is 9.64 Å². The molecule has 0 radical (unpaired) electrons. The summed E-state index contributed by atoms with van der Waals surface area (Å²) < 4.78 is 5.77. The molecule has 92 valence electrons. The van der Waals surface area contributed by atoms with E-state index in [1.807, 2.05) is 43.3 Å². The minimum atomic E-state index is -0.0630. The van der Waals surface area contributed by atoms with Crippen molar-refractivity contribution < 1.29 is 4.74 Å². The van der Waals surface area contributed by atoms with Crippen LogP contribution in [0.15, 0.2) is 41.4 Å². The second kappa shape index (κ2) is 4.29. The number of ether oxygens (including phenoxy) is 1. The molecule has 1 unspecified atom stereocenters. The van der Waals surface area contributed by atoms with Gasteiger partial charge in [-0.3, -0.25) is 0 Å². The van der Waals surface area contributed by atoms with Gasteiger partial charge in [0.25, 0.3) is 6.02 Å². The summed E-state index contributed by atoms with van der Waals surface area (Å²) in [5.74, 6) is 0. The Morgan fingerprint density at radius 1 is 1.17 bits per heavy atom. The number of hydrogen-bond acceptors (Lipinski definition) is 4. The lowest BCUT2D eigenvalue weighted by atomic mass is 10.1. The van der Waals surface area contributed by atoms with Crippen LogP contribution in [0.1, 0.15) is 11.8 Å². The number of hydrogen-bond donors (Lipinski definition) is 0. The number of rotatable bonds is 1. The number of pyridine rings is 1. The Hall–Kier alpha value is -2.10. The first kappa shape index (κ1) is 11.0. The Morgan fingerprint density at radius 2 is 2.00 bits per heavy atom. The Morgan fingerprint density at radius 3 is 2.78 bits per heavy atom. The molecule has 1 aliphatic heterocycles. The molecule has 1 aromatic carbocycles. The lowest BCUT2D eigenvalue weighted by Crippen LogP contribution is -2.22. The van der Waals surface area contributed by atoms with Gasteiger partial charge in [0.2, 0.25) is 0 Å². The van der Waals surface area contributed by atoms with E-state index in [0.29, 0.717) is 12.6 Å². The van der Waals surface area contributed by atoms with Crippen LogP contribution >= 0.6 is 0 Å². The predicted molar refractivity (Wildman–Crippen MR) is 71.6 cm³/mol. The molecular weight excluding hydrogens is 226 g/mol. The van der Waals surface area contributed by atoms with Gasteiger partial charge in [0, 0.05) is 19.5 Å². The minimum Gasteiger partial charge on any atom is -0.453 e. The van der Waals surface area contributed by atoms with Crippen molar-refractivity contribution in [2.45, 2.75) is 6.10 Å². The summed E-state index contributed by atoms with van der Waals surface area (Å²) >= 11 is 0. The first-order valence-corrected chi connectivity index (χ1v) is 5.98. The third-order valence-corrected chi connectivity index (χ3v) is 2.97. The third kappa shape index (κ3) is 1.90. The molecule has 2 aromatic rings. The largest absolute Gasteiger partial charge is 0.453 e. The normalized spacial score (nSPS) is 18.6. The van der Waals surface area contributed by atoms with E-state index in [4.69, 9.17) is 4.74 Å². The molecule has 0 aliphatic carbocycles. The highest BCUT2D eigenvalue weighted by Crippen LogP contribution is 2.23. The van der Waals surface area contributed by atoms with Gasteiger partial charge >= 0.3 is 0 Å². The van der Waals surface area contributed by atoms with Crippen LogP contribution in [0.25, 0.3) is 10.9 Å². The summed E-state index contributed by atoms with van der Waals surface area (Å²) in [6.07, 6.45) is -0.0630. The molecule has 4 heteroatoms. The van der Waals surface area contributed by atoms with E-state index >= 15 is 0 Å². The fourth-order valence-corrected chi connectivity index (χ4v) is 2.02. The molecule has 2 heterocycles. The maximum absolute atomic E-state index is 5.77. The van der Waals surface area contributed by atoms with Gasteiger partial charge in [-0.1, -0.05) is 24.3 Å². The number of aliphatic imine (C=N–C) groups is 1. The van der Waals surface area contributed by atoms with Crippen LogP contribution in [0.4, 0.5) is 0 Å². The van der Waals surface area contributed by atoms with Crippen LogP contribution in [-0.4, -0.2) is 36.5 Å². The zero-order valence-electron chi connectivity index (χ0n) is 10.5. The number of nitrogens with zero attached hydrogens (tertiary/aromatic N) is 3. The van der Waals surface area contributed by atoms with Gasteiger partial charge in [-0.2, -0.15) is 0 Å². The van der Waals surface area contributed by atoms with Gasteiger partial charge in [-0.15, -0.1) is 0 Å². The Labute approximate surface area is 106 Å². The van der Waals surface area contributed by atoms with Gasteiger partial charge in [0.15, 0.2) is 6.10 Å². The van der Waals surface area contributed by atoms with E-state index in [-0.39, 0.29) is 6.10 Å². The van der Waals surface area contributed by atoms with Crippen LogP contribution in [0.2, 0.25) is 0 Å². The standard InChI is InChI=1S/C14H15N3O/c1-17(2)14-15-9-13(18-14)12-8-7-10-5-3-4-6-11(10)16-12/h3-8,13H,9H2,1-2H3. The van der Waals surface area contributed by atoms with E-state index in [2.05, 4.69) is 22.1 Å². The van der Waals surface area contributed by atoms with Crippen LogP contribution in [0.3, 0.4) is 0 Å². The first-order chi connectivity index (χ1) is 8.74. The summed E-state index contributed by atoms with van der Waals surface area (Å²) in [6.45, 7) is 0.638. The molecule has 0 saturated carbocycles. The van der Waals surface area contributed by atoms with Crippen molar-refractivity contribution in [3.05, 3.63) is 42.1 Å². The van der Waals surface area contributed by atoms with E-state index in [0.717, 1.165) is 16.6 Å². The Bertz CT molecular complexity index is 607. The van der Waals surface area contributed by atoms with Gasteiger partial charge in [0.05, 0.1) is 17.8 Å². The van der Waals surface area contributed by atoms with Gasteiger partial charge in [-0.05, 0) is 12.1 Å². The van der Waals surface area contributed by atoms with E-state index in [1.165, 1.54) is 0 Å². The lowest BCUT2D eigenvalue weighted by molar-refractivity contribution is 0.196. The molecule has 0 amide bonds. The number of para-hydroxylation sites is 1. The highest BCUT2D eigenvalue weighted by molar-refractivity contribution is 5.79. The SMILES string of the molecule is CN(C)C1=NCC(c2ccc3ccccc3n2)O1. The molecule has 4 nitrogen and oxygen atoms in total. The van der Waals surface area contributed by atoms with E-state index < -0.39 is 0 Å². The van der Waals surface area contributed by atoms with Crippen LogP contribution in [0.5, 0.6) is 0 Å². The van der Waals surface area contributed by atoms with Crippen molar-refractivity contribution in [1.82, 2.24) is 9.88 Å². The molecule has 1 aliphatic rings. The molecule has 0 saturated heterocycles. The molecule has 0 fully saturated rings. The molecule has 3 rings (SSSR count). The van der Waals surface area contributed by atoms with Gasteiger partial charge in [0.1, 0.15) is 0 Å². The van der Waals surface area contributed by atoms with Crippen molar-refractivity contribution in [2.75, 3.05) is 20.6 Å². The topological polar surface area (TPSA) is 37.7 Å². The average Bonchev–Trinajstić information content (AvgIpc) is 2.88. The van der Waals surface area contributed by atoms with Crippen molar-refractivity contribution in [2.24, 2.45) is 4.99 Å². The second-order valence-corrected chi connectivity index (χ2v) is 4.55. The van der Waals surface area contributed by atoms with Crippen molar-refractivity contribution >= 4 is 16.9 Å².